The number of anilines is 3. The van der Waals surface area contributed by atoms with Gasteiger partial charge in [0.1, 0.15) is 11.2 Å². The van der Waals surface area contributed by atoms with E-state index in [4.69, 9.17) is 4.42 Å². The fourth-order valence-electron chi connectivity index (χ4n) is 7.95. The molecule has 0 amide bonds. The highest BCUT2D eigenvalue weighted by Crippen LogP contribution is 2.50. The van der Waals surface area contributed by atoms with E-state index in [9.17, 15) is 0 Å². The van der Waals surface area contributed by atoms with Crippen LogP contribution in [0.15, 0.2) is 180 Å². The number of hydrogen-bond donors (Lipinski definition) is 0. The normalized spacial score (nSPS) is 11.8. The lowest BCUT2D eigenvalue weighted by atomic mass is 9.92. The first-order valence-electron chi connectivity index (χ1n) is 17.5. The van der Waals surface area contributed by atoms with E-state index in [1.54, 1.807) is 0 Å². The van der Waals surface area contributed by atoms with E-state index in [0.29, 0.717) is 0 Å². The standard InChI is InChI=1S/C48H29NOS2/c1-2-13-30(14-3-1)32-28-27-31(29-40(32)37-19-10-18-36-33-15-4-7-24-43(33)50-46(36)37)49(41-22-11-20-38-34-16-5-8-25-44(34)51-47(38)41)42-23-12-21-39-35-17-6-9-26-45(35)52-48(39)42/h1-29H. The average molecular weight is 700 g/mol. The Morgan fingerprint density at radius 2 is 0.942 bits per heavy atom. The molecule has 11 aromatic rings. The lowest BCUT2D eigenvalue weighted by Crippen LogP contribution is -2.10. The molecule has 0 spiro atoms. The number of para-hydroxylation sites is 2. The number of benzene rings is 8. The topological polar surface area (TPSA) is 16.4 Å². The molecule has 4 heteroatoms. The molecule has 0 bridgehead atoms. The molecule has 8 aromatic carbocycles. The van der Waals surface area contributed by atoms with Crippen LogP contribution in [-0.4, -0.2) is 0 Å². The number of furan rings is 1. The fourth-order valence-corrected chi connectivity index (χ4v) is 10.4. The van der Waals surface area contributed by atoms with Gasteiger partial charge in [-0.25, -0.2) is 0 Å². The van der Waals surface area contributed by atoms with Gasteiger partial charge in [-0.1, -0.05) is 133 Å². The summed E-state index contributed by atoms with van der Waals surface area (Å²) in [5.74, 6) is 0. The first-order chi connectivity index (χ1) is 25.8. The van der Waals surface area contributed by atoms with Crippen molar-refractivity contribution in [3.05, 3.63) is 176 Å². The van der Waals surface area contributed by atoms with Crippen molar-refractivity contribution in [2.75, 3.05) is 4.90 Å². The van der Waals surface area contributed by atoms with Crippen LogP contribution in [0.2, 0.25) is 0 Å². The van der Waals surface area contributed by atoms with Gasteiger partial charge in [0.05, 0.1) is 20.8 Å². The van der Waals surface area contributed by atoms with Gasteiger partial charge >= 0.3 is 0 Å². The van der Waals surface area contributed by atoms with Crippen molar-refractivity contribution in [2.24, 2.45) is 0 Å². The van der Waals surface area contributed by atoms with Crippen LogP contribution < -0.4 is 4.90 Å². The van der Waals surface area contributed by atoms with Crippen molar-refractivity contribution < 1.29 is 4.42 Å². The minimum atomic E-state index is 0.900. The number of hydrogen-bond acceptors (Lipinski definition) is 4. The van der Waals surface area contributed by atoms with Gasteiger partial charge in [-0.15, -0.1) is 22.7 Å². The summed E-state index contributed by atoms with van der Waals surface area (Å²) in [4.78, 5) is 2.49. The van der Waals surface area contributed by atoms with Crippen LogP contribution in [0.3, 0.4) is 0 Å². The molecule has 0 aliphatic heterocycles. The predicted octanol–water partition coefficient (Wildman–Crippen LogP) is 15.1. The molecule has 52 heavy (non-hydrogen) atoms. The monoisotopic (exact) mass is 699 g/mol. The van der Waals surface area contributed by atoms with Crippen molar-refractivity contribution >= 4 is 102 Å². The molecular formula is C48H29NOS2. The van der Waals surface area contributed by atoms with Crippen molar-refractivity contribution in [1.82, 2.24) is 0 Å². The summed E-state index contributed by atoms with van der Waals surface area (Å²) in [6.07, 6.45) is 0. The fraction of sp³-hybridized carbons (Fsp3) is 0. The van der Waals surface area contributed by atoms with E-state index in [-0.39, 0.29) is 0 Å². The Morgan fingerprint density at radius 3 is 1.63 bits per heavy atom. The Balaban J connectivity index is 1.24. The third-order valence-corrected chi connectivity index (χ3v) is 12.7. The third kappa shape index (κ3) is 4.48. The molecule has 0 aliphatic rings. The smallest absolute Gasteiger partial charge is 0.143 e. The van der Waals surface area contributed by atoms with E-state index < -0.39 is 0 Å². The molecule has 0 unspecified atom stereocenters. The van der Waals surface area contributed by atoms with Gasteiger partial charge in [-0.3, -0.25) is 0 Å². The Morgan fingerprint density at radius 1 is 0.385 bits per heavy atom. The summed E-state index contributed by atoms with van der Waals surface area (Å²) in [5, 5.41) is 7.40. The third-order valence-electron chi connectivity index (χ3n) is 10.3. The molecule has 0 radical (unpaired) electrons. The molecule has 2 nitrogen and oxygen atoms in total. The zero-order valence-electron chi connectivity index (χ0n) is 27.9. The highest BCUT2D eigenvalue weighted by Gasteiger charge is 2.24. The summed E-state index contributed by atoms with van der Waals surface area (Å²) < 4.78 is 11.8. The zero-order chi connectivity index (χ0) is 34.2. The van der Waals surface area contributed by atoms with Gasteiger partial charge in [-0.05, 0) is 59.2 Å². The van der Waals surface area contributed by atoms with Crippen LogP contribution in [0.25, 0.3) is 84.5 Å². The predicted molar refractivity (Wildman–Crippen MR) is 225 cm³/mol. The largest absolute Gasteiger partial charge is 0.455 e. The maximum Gasteiger partial charge on any atom is 0.143 e. The van der Waals surface area contributed by atoms with Crippen LogP contribution in [-0.2, 0) is 0 Å². The van der Waals surface area contributed by atoms with Crippen LogP contribution in [0.5, 0.6) is 0 Å². The number of nitrogens with zero attached hydrogens (tertiary/aromatic N) is 1. The molecule has 3 heterocycles. The summed E-state index contributed by atoms with van der Waals surface area (Å²) in [6, 6.07) is 63.6. The highest BCUT2D eigenvalue weighted by molar-refractivity contribution is 7.27. The van der Waals surface area contributed by atoms with E-state index in [0.717, 1.165) is 44.3 Å². The Bertz CT molecular complexity index is 3030. The molecule has 0 aliphatic carbocycles. The minimum Gasteiger partial charge on any atom is -0.455 e. The summed E-state index contributed by atoms with van der Waals surface area (Å²) in [6.45, 7) is 0. The molecule has 0 fully saturated rings. The van der Waals surface area contributed by atoms with Crippen molar-refractivity contribution in [3.63, 3.8) is 0 Å². The van der Waals surface area contributed by atoms with Gasteiger partial charge in [-0.2, -0.15) is 0 Å². The zero-order valence-corrected chi connectivity index (χ0v) is 29.5. The van der Waals surface area contributed by atoms with Crippen LogP contribution >= 0.6 is 22.7 Å². The number of thiophene rings is 2. The van der Waals surface area contributed by atoms with Gasteiger partial charge in [0.2, 0.25) is 0 Å². The number of rotatable bonds is 5. The average Bonchev–Trinajstić information content (AvgIpc) is 3.90. The van der Waals surface area contributed by atoms with E-state index in [1.807, 2.05) is 28.7 Å². The van der Waals surface area contributed by atoms with E-state index in [1.165, 1.54) is 57.3 Å². The molecule has 3 aromatic heterocycles. The second-order valence-electron chi connectivity index (χ2n) is 13.2. The molecule has 0 N–H and O–H groups in total. The summed E-state index contributed by atoms with van der Waals surface area (Å²) >= 11 is 3.74. The van der Waals surface area contributed by atoms with Crippen LogP contribution in [0.4, 0.5) is 17.1 Å². The van der Waals surface area contributed by atoms with Gasteiger partial charge < -0.3 is 9.32 Å². The van der Waals surface area contributed by atoms with E-state index in [2.05, 4.69) is 175 Å². The van der Waals surface area contributed by atoms with Crippen LogP contribution in [0, 0.1) is 0 Å². The first-order valence-corrected chi connectivity index (χ1v) is 19.1. The van der Waals surface area contributed by atoms with Gasteiger partial charge in [0.25, 0.3) is 0 Å². The van der Waals surface area contributed by atoms with Gasteiger partial charge in [0, 0.05) is 53.0 Å². The summed E-state index contributed by atoms with van der Waals surface area (Å²) in [7, 11) is 0. The van der Waals surface area contributed by atoms with Crippen LogP contribution in [0.1, 0.15) is 0 Å². The quantitative estimate of drug-likeness (QED) is 0.178. The Kier molecular flexibility index (Phi) is 6.63. The van der Waals surface area contributed by atoms with Crippen molar-refractivity contribution in [3.8, 4) is 22.3 Å². The Labute approximate surface area is 308 Å². The van der Waals surface area contributed by atoms with Crippen molar-refractivity contribution in [2.45, 2.75) is 0 Å². The lowest BCUT2D eigenvalue weighted by molar-refractivity contribution is 0.670. The first kappa shape index (κ1) is 29.5. The number of fused-ring (bicyclic) bond motifs is 9. The summed E-state index contributed by atoms with van der Waals surface area (Å²) in [5.41, 5.74) is 9.78. The lowest BCUT2D eigenvalue weighted by Gasteiger charge is -2.28. The molecule has 0 saturated heterocycles. The molecule has 244 valence electrons. The van der Waals surface area contributed by atoms with Crippen molar-refractivity contribution in [1.29, 1.82) is 0 Å². The Hall–Kier alpha value is -6.20. The SMILES string of the molecule is c1ccc(-c2ccc(N(c3cccc4c3sc3ccccc34)c3cccc4c3sc3ccccc34)cc2-c2cccc3c2oc2ccccc23)cc1. The molecule has 11 rings (SSSR count). The van der Waals surface area contributed by atoms with E-state index >= 15 is 0 Å². The molecular weight excluding hydrogens is 671 g/mol. The second kappa shape index (κ2) is 11.7. The van der Waals surface area contributed by atoms with Gasteiger partial charge in [0.15, 0.2) is 0 Å². The molecule has 0 saturated carbocycles. The highest BCUT2D eigenvalue weighted by atomic mass is 32.1. The maximum atomic E-state index is 6.67. The minimum absolute atomic E-state index is 0.900. The maximum absolute atomic E-state index is 6.67. The molecule has 0 atom stereocenters. The second-order valence-corrected chi connectivity index (χ2v) is 15.3.